The summed E-state index contributed by atoms with van der Waals surface area (Å²) in [6, 6.07) is 59.2. The molecule has 0 radical (unpaired) electrons. The van der Waals surface area contributed by atoms with E-state index >= 15 is 0 Å². The maximum Gasteiger partial charge on any atom is 0.227 e. The van der Waals surface area contributed by atoms with Crippen LogP contribution in [0.15, 0.2) is 179 Å². The van der Waals surface area contributed by atoms with E-state index in [1.807, 2.05) is 54.6 Å². The van der Waals surface area contributed by atoms with Crippen molar-refractivity contribution in [3.63, 3.8) is 0 Å². The molecular weight excluding hydrogens is 601 g/mol. The second-order valence-corrected chi connectivity index (χ2v) is 12.3. The normalized spacial score (nSPS) is 11.7. The largest absolute Gasteiger partial charge is 0.456 e. The second kappa shape index (κ2) is 11.0. The van der Waals surface area contributed by atoms with Crippen molar-refractivity contribution >= 4 is 71.6 Å². The van der Waals surface area contributed by atoms with Crippen LogP contribution in [0.5, 0.6) is 0 Å². The Morgan fingerprint density at radius 3 is 1.96 bits per heavy atom. The van der Waals surface area contributed by atoms with Gasteiger partial charge in [-0.1, -0.05) is 109 Å². The molecule has 0 amide bonds. The van der Waals surface area contributed by atoms with Crippen LogP contribution in [0.1, 0.15) is 0 Å². The zero-order chi connectivity index (χ0) is 32.3. The number of oxazole rings is 1. The third-order valence-corrected chi connectivity index (χ3v) is 9.49. The molecule has 0 fully saturated rings. The van der Waals surface area contributed by atoms with Crippen molar-refractivity contribution in [1.29, 1.82) is 0 Å². The molecule has 0 aliphatic heterocycles. The summed E-state index contributed by atoms with van der Waals surface area (Å²) in [5.74, 6) is 0.626. The second-order valence-electron chi connectivity index (χ2n) is 12.3. The summed E-state index contributed by atoms with van der Waals surface area (Å²) in [5.41, 5.74) is 9.94. The van der Waals surface area contributed by atoms with Crippen molar-refractivity contribution in [2.75, 3.05) is 4.90 Å². The van der Waals surface area contributed by atoms with Gasteiger partial charge in [0.1, 0.15) is 16.7 Å². The van der Waals surface area contributed by atoms with Crippen molar-refractivity contribution in [2.45, 2.75) is 0 Å². The van der Waals surface area contributed by atoms with Crippen LogP contribution in [0, 0.1) is 0 Å². The Kier molecular flexibility index (Phi) is 6.15. The Morgan fingerprint density at radius 1 is 0.408 bits per heavy atom. The maximum absolute atomic E-state index is 6.29. The lowest BCUT2D eigenvalue weighted by atomic mass is 9.98. The Labute approximate surface area is 282 Å². The number of benzene rings is 8. The van der Waals surface area contributed by atoms with Crippen LogP contribution in [0.4, 0.5) is 17.1 Å². The predicted molar refractivity (Wildman–Crippen MR) is 202 cm³/mol. The van der Waals surface area contributed by atoms with Gasteiger partial charge in [0, 0.05) is 38.5 Å². The molecular formula is C45H28N2O2. The van der Waals surface area contributed by atoms with Gasteiger partial charge in [-0.15, -0.1) is 0 Å². The number of rotatable bonds is 5. The first-order valence-electron chi connectivity index (χ1n) is 16.5. The fraction of sp³-hybridized carbons (Fsp3) is 0. The van der Waals surface area contributed by atoms with Crippen LogP contribution in [0.25, 0.3) is 77.2 Å². The van der Waals surface area contributed by atoms with E-state index in [2.05, 4.69) is 120 Å². The van der Waals surface area contributed by atoms with Gasteiger partial charge >= 0.3 is 0 Å². The van der Waals surface area contributed by atoms with Crippen LogP contribution in [-0.4, -0.2) is 4.98 Å². The molecule has 0 bridgehead atoms. The first-order valence-corrected chi connectivity index (χ1v) is 16.5. The molecule has 0 saturated carbocycles. The van der Waals surface area contributed by atoms with Crippen molar-refractivity contribution in [2.24, 2.45) is 0 Å². The number of hydrogen-bond donors (Lipinski definition) is 0. The number of furan rings is 1. The monoisotopic (exact) mass is 628 g/mol. The number of hydrogen-bond acceptors (Lipinski definition) is 4. The Morgan fingerprint density at radius 2 is 1.10 bits per heavy atom. The van der Waals surface area contributed by atoms with E-state index in [4.69, 9.17) is 13.8 Å². The summed E-state index contributed by atoms with van der Waals surface area (Å²) in [6.07, 6.45) is 0. The first kappa shape index (κ1) is 27.5. The molecule has 0 unspecified atom stereocenters. The first-order chi connectivity index (χ1) is 24.3. The lowest BCUT2D eigenvalue weighted by Crippen LogP contribution is -2.10. The molecule has 10 aromatic rings. The Hall–Kier alpha value is -6.65. The van der Waals surface area contributed by atoms with Crippen LogP contribution >= 0.6 is 0 Å². The number of nitrogens with zero attached hydrogens (tertiary/aromatic N) is 2. The van der Waals surface area contributed by atoms with Gasteiger partial charge in [-0.2, -0.15) is 0 Å². The van der Waals surface area contributed by atoms with Gasteiger partial charge in [0.05, 0.1) is 5.69 Å². The van der Waals surface area contributed by atoms with Gasteiger partial charge in [0.25, 0.3) is 0 Å². The van der Waals surface area contributed by atoms with Gasteiger partial charge in [-0.25, -0.2) is 4.98 Å². The van der Waals surface area contributed by atoms with Gasteiger partial charge in [0.2, 0.25) is 5.89 Å². The highest BCUT2D eigenvalue weighted by atomic mass is 16.3. The lowest BCUT2D eigenvalue weighted by molar-refractivity contribution is 0.620. The quantitative estimate of drug-likeness (QED) is 0.178. The summed E-state index contributed by atoms with van der Waals surface area (Å²) < 4.78 is 12.5. The lowest BCUT2D eigenvalue weighted by Gasteiger charge is -2.27. The highest BCUT2D eigenvalue weighted by Gasteiger charge is 2.19. The number of fused-ring (bicyclic) bond motifs is 8. The molecule has 49 heavy (non-hydrogen) atoms. The molecule has 4 nitrogen and oxygen atoms in total. The molecule has 2 aromatic heterocycles. The topological polar surface area (TPSA) is 42.4 Å². The minimum atomic E-state index is 0.626. The molecule has 0 aliphatic rings. The predicted octanol–water partition coefficient (Wildman–Crippen LogP) is 12.8. The fourth-order valence-corrected chi connectivity index (χ4v) is 7.26. The molecule has 2 heterocycles. The fourth-order valence-electron chi connectivity index (χ4n) is 7.26. The number of aromatic nitrogens is 1. The standard InChI is InChI=1S/C45H28N2O2/c1-3-11-31(12-4-1)45-46-44-41(49-45)28-24-30-23-27-35-36(42(30)44)17-9-18-38(35)47(32-13-5-2-6-14-32)33-25-21-29(22-26-33)34-16-10-20-40-43(34)37-15-7-8-19-39(37)48-40/h1-28H. The van der Waals surface area contributed by atoms with Crippen molar-refractivity contribution in [3.05, 3.63) is 170 Å². The summed E-state index contributed by atoms with van der Waals surface area (Å²) in [4.78, 5) is 7.38. The molecule has 0 aliphatic carbocycles. The molecule has 0 spiro atoms. The van der Waals surface area contributed by atoms with Crippen LogP contribution < -0.4 is 4.90 Å². The minimum absolute atomic E-state index is 0.626. The van der Waals surface area contributed by atoms with E-state index in [-0.39, 0.29) is 0 Å². The maximum atomic E-state index is 6.29. The zero-order valence-electron chi connectivity index (χ0n) is 26.4. The molecule has 0 N–H and O–H groups in total. The molecule has 0 atom stereocenters. The minimum Gasteiger partial charge on any atom is -0.456 e. The SMILES string of the molecule is c1ccc(-c2nc3c(ccc4ccc5c(N(c6ccccc6)c6ccc(-c7cccc8oc9ccccc9c78)cc6)cccc5c43)o2)cc1. The Bertz CT molecular complexity index is 2820. The van der Waals surface area contributed by atoms with Crippen molar-refractivity contribution in [3.8, 4) is 22.6 Å². The van der Waals surface area contributed by atoms with E-state index in [9.17, 15) is 0 Å². The number of para-hydroxylation sites is 2. The van der Waals surface area contributed by atoms with E-state index in [0.717, 1.165) is 88.3 Å². The average molecular weight is 629 g/mol. The van der Waals surface area contributed by atoms with E-state index < -0.39 is 0 Å². The summed E-state index contributed by atoms with van der Waals surface area (Å²) in [6.45, 7) is 0. The van der Waals surface area contributed by atoms with Gasteiger partial charge in [-0.05, 0) is 82.6 Å². The van der Waals surface area contributed by atoms with E-state index in [1.54, 1.807) is 0 Å². The summed E-state index contributed by atoms with van der Waals surface area (Å²) in [5, 5.41) is 6.75. The Balaban J connectivity index is 1.15. The molecule has 4 heteroatoms. The smallest absolute Gasteiger partial charge is 0.227 e. The molecule has 8 aromatic carbocycles. The van der Waals surface area contributed by atoms with E-state index in [0.29, 0.717) is 5.89 Å². The van der Waals surface area contributed by atoms with Crippen LogP contribution in [-0.2, 0) is 0 Å². The van der Waals surface area contributed by atoms with Crippen molar-refractivity contribution < 1.29 is 8.83 Å². The molecule has 230 valence electrons. The highest BCUT2D eigenvalue weighted by Crippen LogP contribution is 2.43. The van der Waals surface area contributed by atoms with Gasteiger partial charge in [-0.3, -0.25) is 0 Å². The third kappa shape index (κ3) is 4.42. The summed E-state index contributed by atoms with van der Waals surface area (Å²) in [7, 11) is 0. The third-order valence-electron chi connectivity index (χ3n) is 9.49. The van der Waals surface area contributed by atoms with Crippen molar-refractivity contribution in [1.82, 2.24) is 4.98 Å². The average Bonchev–Trinajstić information content (AvgIpc) is 3.78. The molecule has 0 saturated heterocycles. The summed E-state index contributed by atoms with van der Waals surface area (Å²) >= 11 is 0. The van der Waals surface area contributed by atoms with Gasteiger partial charge < -0.3 is 13.7 Å². The molecule has 10 rings (SSSR count). The van der Waals surface area contributed by atoms with Crippen LogP contribution in [0.3, 0.4) is 0 Å². The highest BCUT2D eigenvalue weighted by molar-refractivity contribution is 6.21. The van der Waals surface area contributed by atoms with Gasteiger partial charge in [0.15, 0.2) is 5.58 Å². The number of anilines is 3. The van der Waals surface area contributed by atoms with E-state index in [1.165, 1.54) is 0 Å². The van der Waals surface area contributed by atoms with Crippen LogP contribution in [0.2, 0.25) is 0 Å². The zero-order valence-corrected chi connectivity index (χ0v) is 26.4.